The molecule has 0 aliphatic rings. The molecule has 3 heteroatoms. The van der Waals surface area contributed by atoms with Crippen molar-refractivity contribution in [2.24, 2.45) is 5.73 Å². The number of hydrogen-bond acceptors (Lipinski definition) is 3. The van der Waals surface area contributed by atoms with Gasteiger partial charge in [0, 0.05) is 6.04 Å². The molecule has 0 aromatic carbocycles. The van der Waals surface area contributed by atoms with Crippen LogP contribution in [0.2, 0.25) is 0 Å². The second-order valence-corrected chi connectivity index (χ2v) is 2.83. The molecule has 0 bridgehead atoms. The minimum Gasteiger partial charge on any atom is -0.330 e. The van der Waals surface area contributed by atoms with Gasteiger partial charge in [-0.25, -0.2) is 0 Å². The number of rotatable bonds is 5. The van der Waals surface area contributed by atoms with Gasteiger partial charge in [0.05, 0.1) is 12.5 Å². The fourth-order valence-electron chi connectivity index (χ4n) is 0.849. The molecule has 1 unspecified atom stereocenters. The molecule has 1 atom stereocenters. The molecular weight excluding hydrogens is 138 g/mol. The first-order valence-corrected chi connectivity index (χ1v) is 3.99. The van der Waals surface area contributed by atoms with Crippen LogP contribution in [0.1, 0.15) is 19.8 Å². The summed E-state index contributed by atoms with van der Waals surface area (Å²) in [7, 11) is 2.03. The number of nitriles is 1. The Morgan fingerprint density at radius 3 is 2.73 bits per heavy atom. The Morgan fingerprint density at radius 1 is 1.64 bits per heavy atom. The van der Waals surface area contributed by atoms with Gasteiger partial charge >= 0.3 is 0 Å². The second-order valence-electron chi connectivity index (χ2n) is 2.83. The smallest absolute Gasteiger partial charge is 0.0638 e. The summed E-state index contributed by atoms with van der Waals surface area (Å²) in [4.78, 5) is 2.16. The van der Waals surface area contributed by atoms with Crippen LogP contribution >= 0.6 is 0 Å². The van der Waals surface area contributed by atoms with Crippen molar-refractivity contribution in [1.29, 1.82) is 5.26 Å². The summed E-state index contributed by atoms with van der Waals surface area (Å²) in [5.41, 5.74) is 5.36. The summed E-state index contributed by atoms with van der Waals surface area (Å²) in [5.74, 6) is 0. The fraction of sp³-hybridized carbons (Fsp3) is 0.875. The molecule has 0 radical (unpaired) electrons. The third-order valence-corrected chi connectivity index (χ3v) is 1.85. The quantitative estimate of drug-likeness (QED) is 0.631. The van der Waals surface area contributed by atoms with Gasteiger partial charge in [0.25, 0.3) is 0 Å². The molecule has 0 heterocycles. The van der Waals surface area contributed by atoms with Gasteiger partial charge in [-0.3, -0.25) is 0 Å². The highest BCUT2D eigenvalue weighted by molar-refractivity contribution is 4.78. The van der Waals surface area contributed by atoms with Crippen LogP contribution in [-0.4, -0.2) is 31.1 Å². The van der Waals surface area contributed by atoms with E-state index in [-0.39, 0.29) is 0 Å². The van der Waals surface area contributed by atoms with Crippen molar-refractivity contribution in [3.63, 3.8) is 0 Å². The molecule has 0 amide bonds. The summed E-state index contributed by atoms with van der Waals surface area (Å²) in [6.45, 7) is 3.77. The molecule has 0 rings (SSSR count). The maximum absolute atomic E-state index is 8.41. The van der Waals surface area contributed by atoms with Crippen molar-refractivity contribution in [3.05, 3.63) is 0 Å². The molecule has 0 saturated heterocycles. The van der Waals surface area contributed by atoms with Crippen LogP contribution in [0.25, 0.3) is 0 Å². The standard InChI is InChI=1S/C8H17N3/c1-8(4-6-10)11(2)7-3-5-9/h8H,3-5,7,9H2,1-2H3. The van der Waals surface area contributed by atoms with Crippen molar-refractivity contribution < 1.29 is 0 Å². The first kappa shape index (κ1) is 10.4. The third-order valence-electron chi connectivity index (χ3n) is 1.85. The first-order chi connectivity index (χ1) is 5.22. The van der Waals surface area contributed by atoms with Gasteiger partial charge in [0.1, 0.15) is 0 Å². The van der Waals surface area contributed by atoms with Crippen molar-refractivity contribution in [1.82, 2.24) is 4.90 Å². The molecule has 0 spiro atoms. The minimum atomic E-state index is 0.353. The van der Waals surface area contributed by atoms with Gasteiger partial charge in [-0.05, 0) is 33.5 Å². The van der Waals surface area contributed by atoms with Crippen molar-refractivity contribution in [2.75, 3.05) is 20.1 Å². The normalized spacial score (nSPS) is 13.0. The van der Waals surface area contributed by atoms with E-state index in [0.29, 0.717) is 12.5 Å². The third kappa shape index (κ3) is 4.77. The monoisotopic (exact) mass is 155 g/mol. The van der Waals surface area contributed by atoms with E-state index in [1.165, 1.54) is 0 Å². The largest absolute Gasteiger partial charge is 0.330 e. The maximum Gasteiger partial charge on any atom is 0.0638 e. The van der Waals surface area contributed by atoms with E-state index in [1.54, 1.807) is 0 Å². The van der Waals surface area contributed by atoms with E-state index in [9.17, 15) is 0 Å². The Bertz CT molecular complexity index is 128. The van der Waals surface area contributed by atoms with E-state index in [0.717, 1.165) is 19.5 Å². The highest BCUT2D eigenvalue weighted by Gasteiger charge is 2.06. The highest BCUT2D eigenvalue weighted by atomic mass is 15.1. The zero-order valence-corrected chi connectivity index (χ0v) is 7.38. The van der Waals surface area contributed by atoms with Gasteiger partial charge in [-0.15, -0.1) is 0 Å². The van der Waals surface area contributed by atoms with Crippen LogP contribution in [-0.2, 0) is 0 Å². The van der Waals surface area contributed by atoms with Gasteiger partial charge in [0.2, 0.25) is 0 Å². The predicted molar refractivity (Wildman–Crippen MR) is 46.0 cm³/mol. The van der Waals surface area contributed by atoms with Crippen LogP contribution in [0.15, 0.2) is 0 Å². The molecule has 2 N–H and O–H groups in total. The van der Waals surface area contributed by atoms with Crippen molar-refractivity contribution in [2.45, 2.75) is 25.8 Å². The Morgan fingerprint density at radius 2 is 2.27 bits per heavy atom. The minimum absolute atomic E-state index is 0.353. The second kappa shape index (κ2) is 6.14. The molecule has 0 fully saturated rings. The summed E-state index contributed by atoms with van der Waals surface area (Å²) < 4.78 is 0. The summed E-state index contributed by atoms with van der Waals surface area (Å²) in [6.07, 6.45) is 1.60. The van der Waals surface area contributed by atoms with Crippen LogP contribution < -0.4 is 5.73 Å². The van der Waals surface area contributed by atoms with Crippen LogP contribution in [0, 0.1) is 11.3 Å². The summed E-state index contributed by atoms with van der Waals surface area (Å²) >= 11 is 0. The Balaban J connectivity index is 3.48. The number of nitrogens with zero attached hydrogens (tertiary/aromatic N) is 2. The van der Waals surface area contributed by atoms with Crippen LogP contribution in [0.4, 0.5) is 0 Å². The molecule has 11 heavy (non-hydrogen) atoms. The number of nitrogens with two attached hydrogens (primary N) is 1. The van der Waals surface area contributed by atoms with Gasteiger partial charge < -0.3 is 10.6 Å². The first-order valence-electron chi connectivity index (χ1n) is 3.99. The lowest BCUT2D eigenvalue weighted by Gasteiger charge is -2.21. The van der Waals surface area contributed by atoms with E-state index >= 15 is 0 Å². The van der Waals surface area contributed by atoms with E-state index < -0.39 is 0 Å². The van der Waals surface area contributed by atoms with Gasteiger partial charge in [-0.1, -0.05) is 0 Å². The average molecular weight is 155 g/mol. The zero-order valence-electron chi connectivity index (χ0n) is 7.38. The Kier molecular flexibility index (Phi) is 5.81. The predicted octanol–water partition coefficient (Wildman–Crippen LogP) is 0.569. The number of hydrogen-bond donors (Lipinski definition) is 1. The fourth-order valence-corrected chi connectivity index (χ4v) is 0.849. The zero-order chi connectivity index (χ0) is 8.69. The van der Waals surface area contributed by atoms with E-state index in [1.807, 2.05) is 7.05 Å². The Labute approximate surface area is 68.8 Å². The molecule has 0 saturated carbocycles. The van der Waals surface area contributed by atoms with E-state index in [2.05, 4.69) is 17.9 Å². The van der Waals surface area contributed by atoms with Gasteiger partial charge in [0.15, 0.2) is 0 Å². The maximum atomic E-state index is 8.41. The lowest BCUT2D eigenvalue weighted by molar-refractivity contribution is 0.259. The molecule has 0 aromatic rings. The lowest BCUT2D eigenvalue weighted by atomic mass is 10.2. The van der Waals surface area contributed by atoms with Crippen molar-refractivity contribution in [3.8, 4) is 6.07 Å². The van der Waals surface area contributed by atoms with E-state index in [4.69, 9.17) is 11.0 Å². The topological polar surface area (TPSA) is 53.0 Å². The molecule has 64 valence electrons. The molecule has 0 aromatic heterocycles. The molecule has 0 aliphatic carbocycles. The highest BCUT2D eigenvalue weighted by Crippen LogP contribution is 1.99. The van der Waals surface area contributed by atoms with Crippen LogP contribution in [0.5, 0.6) is 0 Å². The molecule has 0 aliphatic heterocycles. The van der Waals surface area contributed by atoms with Gasteiger partial charge in [-0.2, -0.15) is 5.26 Å². The summed E-state index contributed by atoms with van der Waals surface area (Å²) in [6, 6.07) is 2.51. The average Bonchev–Trinajstić information content (AvgIpc) is 2.00. The molecular formula is C8H17N3. The molecule has 3 nitrogen and oxygen atoms in total. The Hall–Kier alpha value is -0.590. The lowest BCUT2D eigenvalue weighted by Crippen LogP contribution is -2.30. The van der Waals surface area contributed by atoms with Crippen molar-refractivity contribution >= 4 is 0 Å². The summed E-state index contributed by atoms with van der Waals surface area (Å²) in [5, 5.41) is 8.41. The SMILES string of the molecule is CC(CC#N)N(C)CCCN. The van der Waals surface area contributed by atoms with Crippen LogP contribution in [0.3, 0.4) is 0 Å².